The van der Waals surface area contributed by atoms with Gasteiger partial charge in [-0.25, -0.2) is 14.6 Å². The molecule has 0 saturated carbocycles. The van der Waals surface area contributed by atoms with Gasteiger partial charge in [0.25, 0.3) is 5.56 Å². The lowest BCUT2D eigenvalue weighted by Crippen LogP contribution is -2.37. The third-order valence-electron chi connectivity index (χ3n) is 5.10. The Kier molecular flexibility index (Phi) is 4.64. The first-order valence-corrected chi connectivity index (χ1v) is 9.62. The van der Waals surface area contributed by atoms with Crippen molar-refractivity contribution in [2.24, 2.45) is 0 Å². The van der Waals surface area contributed by atoms with E-state index in [2.05, 4.69) is 30.4 Å². The minimum atomic E-state index is -0.272. The average molecular weight is 401 g/mol. The summed E-state index contributed by atoms with van der Waals surface area (Å²) >= 11 is 0. The average Bonchev–Trinajstić information content (AvgIpc) is 3.22. The molecule has 1 aliphatic rings. The molecule has 9 heteroatoms. The molecule has 0 bridgehead atoms. The first-order chi connectivity index (χ1) is 14.7. The third-order valence-corrected chi connectivity index (χ3v) is 5.10. The van der Waals surface area contributed by atoms with Gasteiger partial charge in [-0.1, -0.05) is 0 Å². The maximum Gasteiger partial charge on any atom is 0.267 e. The molecule has 2 unspecified atom stereocenters. The van der Waals surface area contributed by atoms with Crippen LogP contribution in [0.5, 0.6) is 0 Å². The number of pyridine rings is 2. The number of hydrogen-bond donors (Lipinski definition) is 1. The molecular formula is C21H19N7O2. The molecule has 1 aliphatic heterocycles. The van der Waals surface area contributed by atoms with Crippen LogP contribution in [0.4, 0.5) is 5.82 Å². The van der Waals surface area contributed by atoms with Crippen LogP contribution in [0, 0.1) is 6.92 Å². The molecule has 0 amide bonds. The Labute approximate surface area is 171 Å². The van der Waals surface area contributed by atoms with Crippen LogP contribution < -0.4 is 10.9 Å². The second kappa shape index (κ2) is 7.60. The van der Waals surface area contributed by atoms with Crippen molar-refractivity contribution in [1.29, 1.82) is 0 Å². The Morgan fingerprint density at radius 2 is 1.87 bits per heavy atom. The molecule has 5 rings (SSSR count). The van der Waals surface area contributed by atoms with Gasteiger partial charge in [-0.15, -0.1) is 0 Å². The maximum absolute atomic E-state index is 12.6. The van der Waals surface area contributed by atoms with E-state index in [0.29, 0.717) is 30.5 Å². The van der Waals surface area contributed by atoms with E-state index in [9.17, 15) is 4.79 Å². The lowest BCUT2D eigenvalue weighted by Gasteiger charge is -2.22. The van der Waals surface area contributed by atoms with E-state index < -0.39 is 0 Å². The van der Waals surface area contributed by atoms with Crippen LogP contribution in [0.15, 0.2) is 59.9 Å². The lowest BCUT2D eigenvalue weighted by molar-refractivity contribution is 0.183. The van der Waals surface area contributed by atoms with Crippen molar-refractivity contribution in [3.63, 3.8) is 0 Å². The van der Waals surface area contributed by atoms with E-state index in [-0.39, 0.29) is 17.6 Å². The highest BCUT2D eigenvalue weighted by atomic mass is 16.5. The van der Waals surface area contributed by atoms with Gasteiger partial charge in [0.1, 0.15) is 17.7 Å². The minimum absolute atomic E-state index is 0.173. The standard InChI is InChI=1S/C21H19N7O2/c1-13-24-17-10-23-9-6-15(17)21(25-13)26-18-11-30-12-19(18)28-20(29)3-2-16(27-28)14-4-7-22-8-5-14/h2-10,18-19H,11-12H2,1H3,(H,24,25,26). The molecule has 2 atom stereocenters. The van der Waals surface area contributed by atoms with Gasteiger partial charge in [0, 0.05) is 35.6 Å². The molecule has 1 saturated heterocycles. The summed E-state index contributed by atoms with van der Waals surface area (Å²) in [5.41, 5.74) is 2.19. The smallest absolute Gasteiger partial charge is 0.267 e. The fourth-order valence-corrected chi connectivity index (χ4v) is 3.64. The number of rotatable bonds is 4. The van der Waals surface area contributed by atoms with Crippen molar-refractivity contribution < 1.29 is 4.74 Å². The number of aromatic nitrogens is 6. The van der Waals surface area contributed by atoms with Crippen molar-refractivity contribution in [1.82, 2.24) is 29.7 Å². The van der Waals surface area contributed by atoms with Crippen LogP contribution >= 0.6 is 0 Å². The number of nitrogens with zero attached hydrogens (tertiary/aromatic N) is 6. The summed E-state index contributed by atoms with van der Waals surface area (Å²) in [4.78, 5) is 29.8. The normalized spacial score (nSPS) is 18.6. The molecule has 0 aromatic carbocycles. The molecule has 4 aromatic heterocycles. The third kappa shape index (κ3) is 3.39. The van der Waals surface area contributed by atoms with Crippen LogP contribution in [0.2, 0.25) is 0 Å². The van der Waals surface area contributed by atoms with Crippen molar-refractivity contribution in [3.8, 4) is 11.3 Å². The highest BCUT2D eigenvalue weighted by molar-refractivity contribution is 5.88. The van der Waals surface area contributed by atoms with Crippen molar-refractivity contribution >= 4 is 16.7 Å². The zero-order valence-corrected chi connectivity index (χ0v) is 16.3. The van der Waals surface area contributed by atoms with E-state index in [1.807, 2.05) is 25.1 Å². The highest BCUT2D eigenvalue weighted by Crippen LogP contribution is 2.26. The monoisotopic (exact) mass is 401 g/mol. The zero-order valence-electron chi connectivity index (χ0n) is 16.3. The van der Waals surface area contributed by atoms with Gasteiger partial charge in [0.2, 0.25) is 0 Å². The molecular weight excluding hydrogens is 382 g/mol. The zero-order chi connectivity index (χ0) is 20.5. The topological polar surface area (TPSA) is 108 Å². The van der Waals surface area contributed by atoms with Crippen molar-refractivity contribution in [3.05, 3.63) is 71.3 Å². The quantitative estimate of drug-likeness (QED) is 0.553. The molecule has 4 aromatic rings. The molecule has 1 N–H and O–H groups in total. The molecule has 0 spiro atoms. The van der Waals surface area contributed by atoms with Gasteiger partial charge in [0.15, 0.2) is 0 Å². The summed E-state index contributed by atoms with van der Waals surface area (Å²) < 4.78 is 7.21. The Bertz CT molecular complexity index is 1260. The molecule has 0 aliphatic carbocycles. The number of ether oxygens (including phenoxy) is 1. The number of anilines is 1. The molecule has 30 heavy (non-hydrogen) atoms. The Morgan fingerprint density at radius 1 is 1.03 bits per heavy atom. The van der Waals surface area contributed by atoms with E-state index in [4.69, 9.17) is 4.74 Å². The van der Waals surface area contributed by atoms with Gasteiger partial charge >= 0.3 is 0 Å². The van der Waals surface area contributed by atoms with Gasteiger partial charge in [-0.2, -0.15) is 5.10 Å². The van der Waals surface area contributed by atoms with Gasteiger partial charge in [-0.05, 0) is 31.2 Å². The Hall–Kier alpha value is -3.72. The number of aryl methyl sites for hydroxylation is 1. The summed E-state index contributed by atoms with van der Waals surface area (Å²) in [6.45, 7) is 2.66. The maximum atomic E-state index is 12.6. The summed E-state index contributed by atoms with van der Waals surface area (Å²) in [5.74, 6) is 1.34. The van der Waals surface area contributed by atoms with Crippen molar-refractivity contribution in [2.75, 3.05) is 18.5 Å². The van der Waals surface area contributed by atoms with E-state index >= 15 is 0 Å². The first-order valence-electron chi connectivity index (χ1n) is 9.62. The summed E-state index contributed by atoms with van der Waals surface area (Å²) in [5, 5.41) is 8.92. The Balaban J connectivity index is 1.50. The first kappa shape index (κ1) is 18.3. The van der Waals surface area contributed by atoms with Gasteiger partial charge in [-0.3, -0.25) is 14.8 Å². The van der Waals surface area contributed by atoms with Crippen LogP contribution in [-0.2, 0) is 4.74 Å². The molecule has 1 fully saturated rings. The lowest BCUT2D eigenvalue weighted by atomic mass is 10.1. The Morgan fingerprint density at radius 3 is 2.73 bits per heavy atom. The summed E-state index contributed by atoms with van der Waals surface area (Å²) in [6, 6.07) is 8.41. The van der Waals surface area contributed by atoms with Crippen LogP contribution in [0.1, 0.15) is 11.9 Å². The fraction of sp³-hybridized carbons (Fsp3) is 0.238. The van der Waals surface area contributed by atoms with Gasteiger partial charge < -0.3 is 10.1 Å². The molecule has 5 heterocycles. The van der Waals surface area contributed by atoms with E-state index in [1.54, 1.807) is 30.9 Å². The molecule has 0 radical (unpaired) electrons. The number of nitrogens with one attached hydrogen (secondary N) is 1. The largest absolute Gasteiger partial charge is 0.377 e. The molecule has 150 valence electrons. The van der Waals surface area contributed by atoms with Crippen molar-refractivity contribution in [2.45, 2.75) is 19.0 Å². The predicted octanol–water partition coefficient (Wildman–Crippen LogP) is 2.00. The SMILES string of the molecule is Cc1nc(NC2COCC2n2nc(-c3ccncc3)ccc2=O)c2ccncc2n1. The second-order valence-corrected chi connectivity index (χ2v) is 7.11. The predicted molar refractivity (Wildman–Crippen MR) is 111 cm³/mol. The second-order valence-electron chi connectivity index (χ2n) is 7.11. The number of hydrogen-bond acceptors (Lipinski definition) is 8. The van der Waals surface area contributed by atoms with E-state index in [1.165, 1.54) is 10.7 Å². The van der Waals surface area contributed by atoms with Crippen LogP contribution in [-0.4, -0.2) is 49.0 Å². The van der Waals surface area contributed by atoms with Crippen LogP contribution in [0.25, 0.3) is 22.2 Å². The molecule has 9 nitrogen and oxygen atoms in total. The number of fused-ring (bicyclic) bond motifs is 1. The fourth-order valence-electron chi connectivity index (χ4n) is 3.64. The minimum Gasteiger partial charge on any atom is -0.377 e. The van der Waals surface area contributed by atoms with Crippen LogP contribution in [0.3, 0.4) is 0 Å². The summed E-state index contributed by atoms with van der Waals surface area (Å²) in [7, 11) is 0. The highest BCUT2D eigenvalue weighted by Gasteiger charge is 2.32. The summed E-state index contributed by atoms with van der Waals surface area (Å²) in [6.07, 6.45) is 6.82. The van der Waals surface area contributed by atoms with E-state index in [0.717, 1.165) is 16.5 Å². The van der Waals surface area contributed by atoms with Gasteiger partial charge in [0.05, 0.1) is 36.7 Å².